The number of rotatable bonds is 9. The van der Waals surface area contributed by atoms with Gasteiger partial charge in [-0.3, -0.25) is 4.79 Å². The van der Waals surface area contributed by atoms with E-state index in [0.717, 1.165) is 52.7 Å². The van der Waals surface area contributed by atoms with Crippen molar-refractivity contribution < 1.29 is 9.53 Å². The maximum Gasteiger partial charge on any atom is 0.175 e. The molecule has 3 rings (SSSR count). The highest BCUT2D eigenvalue weighted by Crippen LogP contribution is 2.26. The molecule has 27 heavy (non-hydrogen) atoms. The van der Waals surface area contributed by atoms with Crippen molar-refractivity contribution in [2.24, 2.45) is 0 Å². The van der Waals surface area contributed by atoms with Crippen LogP contribution in [0, 0.1) is 13.8 Å². The summed E-state index contributed by atoms with van der Waals surface area (Å²) in [6, 6.07) is 10.1. The average molecular weight is 386 g/mol. The van der Waals surface area contributed by atoms with Crippen LogP contribution >= 0.6 is 11.8 Å². The number of imidazole rings is 1. The summed E-state index contributed by atoms with van der Waals surface area (Å²) in [7, 11) is 1.70. The third kappa shape index (κ3) is 4.12. The van der Waals surface area contributed by atoms with Crippen LogP contribution in [0.25, 0.3) is 11.0 Å². The first-order valence-corrected chi connectivity index (χ1v) is 10.3. The highest BCUT2D eigenvalue weighted by atomic mass is 32.2. The normalized spacial score (nSPS) is 11.4. The number of benzene rings is 1. The highest BCUT2D eigenvalue weighted by molar-refractivity contribution is 7.99. The molecule has 1 aromatic carbocycles. The van der Waals surface area contributed by atoms with Gasteiger partial charge in [0.25, 0.3) is 0 Å². The molecule has 0 unspecified atom stereocenters. The van der Waals surface area contributed by atoms with Crippen molar-refractivity contribution in [1.82, 2.24) is 14.1 Å². The number of hydrogen-bond acceptors (Lipinski definition) is 4. The maximum atomic E-state index is 12.9. The molecule has 0 N–H and O–H groups in total. The van der Waals surface area contributed by atoms with Crippen molar-refractivity contribution in [2.75, 3.05) is 19.5 Å². The second kappa shape index (κ2) is 8.76. The molecule has 0 spiro atoms. The first kappa shape index (κ1) is 19.7. The summed E-state index contributed by atoms with van der Waals surface area (Å²) < 4.78 is 9.60. The van der Waals surface area contributed by atoms with Crippen LogP contribution in [0.4, 0.5) is 0 Å². The number of para-hydroxylation sites is 2. The summed E-state index contributed by atoms with van der Waals surface area (Å²) >= 11 is 1.50. The third-order valence-electron chi connectivity index (χ3n) is 4.79. The molecule has 2 heterocycles. The van der Waals surface area contributed by atoms with Gasteiger partial charge in [-0.05, 0) is 38.5 Å². The molecule has 144 valence electrons. The van der Waals surface area contributed by atoms with Gasteiger partial charge < -0.3 is 13.9 Å². The molecule has 0 aliphatic carbocycles. The van der Waals surface area contributed by atoms with Crippen LogP contribution in [-0.2, 0) is 17.8 Å². The van der Waals surface area contributed by atoms with Crippen molar-refractivity contribution in [3.8, 4) is 0 Å². The molecule has 0 fully saturated rings. The molecule has 0 aliphatic heterocycles. The van der Waals surface area contributed by atoms with E-state index in [0.29, 0.717) is 12.4 Å². The van der Waals surface area contributed by atoms with Gasteiger partial charge in [-0.2, -0.15) is 0 Å². The van der Waals surface area contributed by atoms with Gasteiger partial charge in [0, 0.05) is 37.2 Å². The minimum absolute atomic E-state index is 0.154. The van der Waals surface area contributed by atoms with E-state index >= 15 is 0 Å². The Kier molecular flexibility index (Phi) is 6.39. The second-order valence-electron chi connectivity index (χ2n) is 6.68. The predicted octanol–water partition coefficient (Wildman–Crippen LogP) is 4.49. The number of nitrogens with zero attached hydrogens (tertiary/aromatic N) is 3. The monoisotopic (exact) mass is 385 g/mol. The Balaban J connectivity index is 1.80. The molecule has 3 aromatic rings. The zero-order valence-electron chi connectivity index (χ0n) is 16.5. The summed E-state index contributed by atoms with van der Waals surface area (Å²) in [6.07, 6.45) is 1.06. The van der Waals surface area contributed by atoms with Crippen molar-refractivity contribution in [2.45, 2.75) is 45.4 Å². The molecule has 0 bridgehead atoms. The summed E-state index contributed by atoms with van der Waals surface area (Å²) in [6.45, 7) is 8.54. The minimum Gasteiger partial charge on any atom is -0.383 e. The van der Waals surface area contributed by atoms with Gasteiger partial charge in [0.2, 0.25) is 0 Å². The van der Waals surface area contributed by atoms with E-state index in [1.54, 1.807) is 7.11 Å². The van der Waals surface area contributed by atoms with E-state index in [1.807, 2.05) is 31.2 Å². The van der Waals surface area contributed by atoms with E-state index in [9.17, 15) is 4.79 Å². The fourth-order valence-corrected chi connectivity index (χ4v) is 4.35. The predicted molar refractivity (Wildman–Crippen MR) is 111 cm³/mol. The van der Waals surface area contributed by atoms with Crippen LogP contribution in [0.3, 0.4) is 0 Å². The summed E-state index contributed by atoms with van der Waals surface area (Å²) in [5.41, 5.74) is 5.06. The summed E-state index contributed by atoms with van der Waals surface area (Å²) in [5.74, 6) is 0.535. The lowest BCUT2D eigenvalue weighted by Gasteiger charge is -2.09. The topological polar surface area (TPSA) is 49.0 Å². The highest BCUT2D eigenvalue weighted by Gasteiger charge is 2.18. The Morgan fingerprint density at radius 2 is 1.96 bits per heavy atom. The number of hydrogen-bond donors (Lipinski definition) is 0. The van der Waals surface area contributed by atoms with E-state index in [1.165, 1.54) is 11.8 Å². The Bertz CT molecular complexity index is 942. The lowest BCUT2D eigenvalue weighted by atomic mass is 10.2. The quantitative estimate of drug-likeness (QED) is 0.402. The Morgan fingerprint density at radius 1 is 1.19 bits per heavy atom. The second-order valence-corrected chi connectivity index (χ2v) is 7.62. The molecule has 2 aromatic heterocycles. The van der Waals surface area contributed by atoms with Crippen LogP contribution in [-0.4, -0.2) is 39.4 Å². The van der Waals surface area contributed by atoms with Gasteiger partial charge in [-0.1, -0.05) is 30.8 Å². The fourth-order valence-electron chi connectivity index (χ4n) is 3.42. The third-order valence-corrected chi connectivity index (χ3v) is 5.77. The van der Waals surface area contributed by atoms with Gasteiger partial charge in [0.1, 0.15) is 0 Å². The van der Waals surface area contributed by atoms with Crippen LogP contribution in [0.1, 0.15) is 35.1 Å². The van der Waals surface area contributed by atoms with Gasteiger partial charge >= 0.3 is 0 Å². The molecule has 0 atom stereocenters. The number of aromatic nitrogens is 3. The SMILES string of the molecule is CCCn1c(C)cc(C(=O)CSc2nc3ccccc3n2CCOC)c1C. The maximum absolute atomic E-state index is 12.9. The summed E-state index contributed by atoms with van der Waals surface area (Å²) in [5, 5.41) is 0.865. The zero-order chi connectivity index (χ0) is 19.4. The fraction of sp³-hybridized carbons (Fsp3) is 0.429. The largest absolute Gasteiger partial charge is 0.383 e. The summed E-state index contributed by atoms with van der Waals surface area (Å²) in [4.78, 5) is 17.6. The number of Topliss-reactive ketones (excluding diaryl/α,β-unsaturated/α-hetero) is 1. The number of carbonyl (C=O) groups is 1. The number of thioether (sulfide) groups is 1. The molecular weight excluding hydrogens is 358 g/mol. The van der Waals surface area contributed by atoms with E-state index in [2.05, 4.69) is 29.0 Å². The lowest BCUT2D eigenvalue weighted by molar-refractivity contribution is 0.102. The van der Waals surface area contributed by atoms with Crippen LogP contribution in [0.15, 0.2) is 35.5 Å². The van der Waals surface area contributed by atoms with Crippen LogP contribution < -0.4 is 0 Å². The van der Waals surface area contributed by atoms with Gasteiger partial charge in [0.05, 0.1) is 23.4 Å². The van der Waals surface area contributed by atoms with E-state index in [-0.39, 0.29) is 5.78 Å². The van der Waals surface area contributed by atoms with Gasteiger partial charge in [-0.15, -0.1) is 0 Å². The van der Waals surface area contributed by atoms with Crippen LogP contribution in [0.5, 0.6) is 0 Å². The molecule has 5 nitrogen and oxygen atoms in total. The minimum atomic E-state index is 0.154. The molecule has 0 saturated carbocycles. The van der Waals surface area contributed by atoms with Gasteiger partial charge in [-0.25, -0.2) is 4.98 Å². The van der Waals surface area contributed by atoms with Crippen molar-refractivity contribution >= 4 is 28.6 Å². The number of aryl methyl sites for hydroxylation is 1. The van der Waals surface area contributed by atoms with E-state index < -0.39 is 0 Å². The Labute approximate surface area is 164 Å². The van der Waals surface area contributed by atoms with E-state index in [4.69, 9.17) is 9.72 Å². The Hall–Kier alpha value is -2.05. The molecule has 6 heteroatoms. The Morgan fingerprint density at radius 3 is 2.70 bits per heavy atom. The molecule has 0 amide bonds. The molecule has 0 saturated heterocycles. The average Bonchev–Trinajstić information content (AvgIpc) is 3.16. The lowest BCUT2D eigenvalue weighted by Crippen LogP contribution is -2.09. The first-order chi connectivity index (χ1) is 13.1. The van der Waals surface area contributed by atoms with Crippen molar-refractivity contribution in [1.29, 1.82) is 0 Å². The number of ketones is 1. The molecule has 0 aliphatic rings. The number of carbonyl (C=O) groups excluding carboxylic acids is 1. The standard InChI is InChI=1S/C21H27N3O2S/c1-5-10-23-15(2)13-17(16(23)3)20(25)14-27-21-22-18-8-6-7-9-19(18)24(21)11-12-26-4/h6-9,13H,5,10-12,14H2,1-4H3. The molecule has 0 radical (unpaired) electrons. The zero-order valence-corrected chi connectivity index (χ0v) is 17.3. The molecular formula is C21H27N3O2S. The number of fused-ring (bicyclic) bond motifs is 1. The van der Waals surface area contributed by atoms with Gasteiger partial charge in [0.15, 0.2) is 10.9 Å². The first-order valence-electron chi connectivity index (χ1n) is 9.33. The van der Waals surface area contributed by atoms with Crippen molar-refractivity contribution in [3.05, 3.63) is 47.3 Å². The number of ether oxygens (including phenoxy) is 1. The van der Waals surface area contributed by atoms with Crippen LogP contribution in [0.2, 0.25) is 0 Å². The number of methoxy groups -OCH3 is 1. The smallest absolute Gasteiger partial charge is 0.175 e. The van der Waals surface area contributed by atoms with Crippen molar-refractivity contribution in [3.63, 3.8) is 0 Å².